The molecule has 3 N–H and O–H groups in total. The molecule has 0 bridgehead atoms. The van der Waals surface area contributed by atoms with Gasteiger partial charge in [0.1, 0.15) is 12.2 Å². The van der Waals surface area contributed by atoms with Crippen molar-refractivity contribution in [1.29, 1.82) is 0 Å². The van der Waals surface area contributed by atoms with Gasteiger partial charge in [0.2, 0.25) is 0 Å². The van der Waals surface area contributed by atoms with Crippen LogP contribution in [0, 0.1) is 5.92 Å². The molecule has 0 aromatic carbocycles. The Morgan fingerprint density at radius 2 is 1.33 bits per heavy atom. The third-order valence-corrected chi connectivity index (χ3v) is 8.51. The molecule has 2 fully saturated rings. The van der Waals surface area contributed by atoms with E-state index in [0.717, 1.165) is 32.1 Å². The minimum atomic E-state index is -4.00. The van der Waals surface area contributed by atoms with Gasteiger partial charge in [-0.15, -0.1) is 0 Å². The Balaban J connectivity index is 1.62. The summed E-state index contributed by atoms with van der Waals surface area (Å²) in [5.74, 6) is -0.290. The van der Waals surface area contributed by atoms with E-state index < -0.39 is 26.3 Å². The molecule has 0 heterocycles. The summed E-state index contributed by atoms with van der Waals surface area (Å²) >= 11 is 0. The number of ether oxygens (including phenoxy) is 5. The molecule has 0 saturated heterocycles. The number of hydrogen-bond acceptors (Lipinski definition) is 10. The molecule has 39 heavy (non-hydrogen) atoms. The third-order valence-electron chi connectivity index (χ3n) is 6.90. The first-order chi connectivity index (χ1) is 18.5. The van der Waals surface area contributed by atoms with Crippen LogP contribution in [0.15, 0.2) is 0 Å². The summed E-state index contributed by atoms with van der Waals surface area (Å²) < 4.78 is 90.0. The third kappa shape index (κ3) is 18.6. The maximum absolute atomic E-state index is 10.9. The number of rotatable bonds is 23. The summed E-state index contributed by atoms with van der Waals surface area (Å²) in [6.07, 6.45) is 8.00. The average molecular weight is 605 g/mol. The lowest BCUT2D eigenvalue weighted by atomic mass is 10.1. The van der Waals surface area contributed by atoms with Crippen LogP contribution in [0.3, 0.4) is 0 Å². The highest BCUT2D eigenvalue weighted by Gasteiger charge is 2.27. The second-order valence-corrected chi connectivity index (χ2v) is 13.8. The minimum Gasteiger partial charge on any atom is -0.388 e. The van der Waals surface area contributed by atoms with E-state index in [9.17, 15) is 21.9 Å². The summed E-state index contributed by atoms with van der Waals surface area (Å²) in [4.78, 5) is 0. The molecule has 2 aliphatic rings. The topological polar surface area (TPSA) is 175 Å². The van der Waals surface area contributed by atoms with Crippen molar-refractivity contribution in [3.8, 4) is 0 Å². The van der Waals surface area contributed by atoms with Gasteiger partial charge in [0, 0.05) is 19.8 Å². The van der Waals surface area contributed by atoms with E-state index in [-0.39, 0.29) is 62.5 Å². The quantitative estimate of drug-likeness (QED) is 0.115. The maximum Gasteiger partial charge on any atom is 0.264 e. The van der Waals surface area contributed by atoms with Crippen LogP contribution in [0.25, 0.3) is 0 Å². The highest BCUT2D eigenvalue weighted by atomic mass is 32.2. The second kappa shape index (κ2) is 18.9. The van der Waals surface area contributed by atoms with Crippen molar-refractivity contribution < 1.29 is 54.7 Å². The maximum atomic E-state index is 10.9. The summed E-state index contributed by atoms with van der Waals surface area (Å²) in [6.45, 7) is 2.22. The predicted octanol–water partition coefficient (Wildman–Crippen LogP) is 2.25. The first-order valence-electron chi connectivity index (χ1n) is 14.1. The summed E-state index contributed by atoms with van der Waals surface area (Å²) in [5.41, 5.74) is 0. The van der Waals surface area contributed by atoms with Gasteiger partial charge in [-0.2, -0.15) is 16.8 Å². The van der Waals surface area contributed by atoms with Gasteiger partial charge in [0.05, 0.1) is 50.1 Å². The van der Waals surface area contributed by atoms with Crippen molar-refractivity contribution in [2.75, 3.05) is 57.8 Å². The number of aliphatic hydroxyl groups excluding tert-OH is 1. The van der Waals surface area contributed by atoms with Crippen LogP contribution in [0.1, 0.15) is 70.6 Å². The van der Waals surface area contributed by atoms with Gasteiger partial charge in [0.25, 0.3) is 20.2 Å². The van der Waals surface area contributed by atoms with Gasteiger partial charge in [-0.25, -0.2) is 0 Å². The molecule has 3 unspecified atom stereocenters. The molecular formula is C25H48O12S2. The zero-order chi connectivity index (χ0) is 28.6. The van der Waals surface area contributed by atoms with Crippen LogP contribution in [-0.4, -0.2) is 113 Å². The standard InChI is InChI=1S/C25H48O12S2/c26-22(18-36-23-7-1-2-8-23)17-34-16-21-9-10-24(15-21)37-20-25(35-12-4-6-14-39(30,31)32)19-33-11-3-5-13-38(27,28)29/h21-26H,1-20H2,(H,27,28,29)(H,30,31,32)/t21?,22?,24-,25?/m1/s1. The van der Waals surface area contributed by atoms with Crippen molar-refractivity contribution in [1.82, 2.24) is 0 Å². The Bertz CT molecular complexity index is 845. The molecule has 0 aliphatic heterocycles. The first kappa shape index (κ1) is 34.8. The van der Waals surface area contributed by atoms with E-state index >= 15 is 0 Å². The fourth-order valence-electron chi connectivity index (χ4n) is 4.78. The van der Waals surface area contributed by atoms with Crippen molar-refractivity contribution in [3.63, 3.8) is 0 Å². The summed E-state index contributed by atoms with van der Waals surface area (Å²) in [5, 5.41) is 10.1. The lowest BCUT2D eigenvalue weighted by Crippen LogP contribution is -2.29. The molecule has 4 atom stereocenters. The van der Waals surface area contributed by atoms with Crippen LogP contribution in [0.2, 0.25) is 0 Å². The number of aliphatic hydroxyl groups is 1. The van der Waals surface area contributed by atoms with Crippen LogP contribution in [0.5, 0.6) is 0 Å². The van der Waals surface area contributed by atoms with Gasteiger partial charge in [0.15, 0.2) is 0 Å². The minimum absolute atomic E-state index is 0.0506. The fourth-order valence-corrected chi connectivity index (χ4v) is 5.92. The van der Waals surface area contributed by atoms with Gasteiger partial charge < -0.3 is 28.8 Å². The zero-order valence-electron chi connectivity index (χ0n) is 22.9. The monoisotopic (exact) mass is 604 g/mol. The van der Waals surface area contributed by atoms with Crippen molar-refractivity contribution >= 4 is 20.2 Å². The highest BCUT2D eigenvalue weighted by molar-refractivity contribution is 7.86. The number of unbranched alkanes of at least 4 members (excludes halogenated alkanes) is 2. The lowest BCUT2D eigenvalue weighted by molar-refractivity contribution is -0.0783. The van der Waals surface area contributed by atoms with Gasteiger partial charge in [-0.1, -0.05) is 12.8 Å². The first-order valence-corrected chi connectivity index (χ1v) is 17.3. The molecule has 0 radical (unpaired) electrons. The summed E-state index contributed by atoms with van der Waals surface area (Å²) in [7, 11) is -7.98. The Hall–Kier alpha value is -0.420. The molecule has 2 saturated carbocycles. The van der Waals surface area contributed by atoms with Crippen LogP contribution >= 0.6 is 0 Å². The Labute approximate surface area is 233 Å². The van der Waals surface area contributed by atoms with Crippen LogP contribution < -0.4 is 0 Å². The molecule has 0 amide bonds. The zero-order valence-corrected chi connectivity index (χ0v) is 24.5. The largest absolute Gasteiger partial charge is 0.388 e. The van der Waals surface area contributed by atoms with Crippen molar-refractivity contribution in [2.24, 2.45) is 5.92 Å². The molecule has 2 rings (SSSR count). The van der Waals surface area contributed by atoms with Crippen LogP contribution in [-0.2, 0) is 43.9 Å². The fraction of sp³-hybridized carbons (Fsp3) is 1.00. The lowest BCUT2D eigenvalue weighted by Gasteiger charge is -2.21. The van der Waals surface area contributed by atoms with E-state index in [2.05, 4.69) is 0 Å². The smallest absolute Gasteiger partial charge is 0.264 e. The second-order valence-electron chi connectivity index (χ2n) is 10.6. The Kier molecular flexibility index (Phi) is 16.9. The van der Waals surface area contributed by atoms with E-state index in [4.69, 9.17) is 32.8 Å². The SMILES string of the molecule is O=S(=O)(O)CCCCOCC(CO[C@@H]1CCC(COCC(O)COC2CCCC2)C1)OCCCCS(=O)(=O)O. The molecular weight excluding hydrogens is 556 g/mol. The highest BCUT2D eigenvalue weighted by Crippen LogP contribution is 2.28. The van der Waals surface area contributed by atoms with E-state index in [1.165, 1.54) is 12.8 Å². The molecule has 14 heteroatoms. The molecule has 0 spiro atoms. The summed E-state index contributed by atoms with van der Waals surface area (Å²) in [6, 6.07) is 0. The average Bonchev–Trinajstić information content (AvgIpc) is 3.53. The molecule has 0 aromatic rings. The van der Waals surface area contributed by atoms with Gasteiger partial charge in [-0.3, -0.25) is 9.11 Å². The van der Waals surface area contributed by atoms with Crippen molar-refractivity contribution in [2.45, 2.75) is 95.0 Å². The molecule has 12 nitrogen and oxygen atoms in total. The number of hydrogen-bond donors (Lipinski definition) is 3. The normalized spacial score (nSPS) is 22.4. The van der Waals surface area contributed by atoms with Crippen LogP contribution in [0.4, 0.5) is 0 Å². The van der Waals surface area contributed by atoms with Gasteiger partial charge >= 0.3 is 0 Å². The van der Waals surface area contributed by atoms with E-state index in [1.807, 2.05) is 0 Å². The van der Waals surface area contributed by atoms with Crippen molar-refractivity contribution in [3.05, 3.63) is 0 Å². The molecule has 0 aromatic heterocycles. The van der Waals surface area contributed by atoms with E-state index in [1.54, 1.807) is 0 Å². The Morgan fingerprint density at radius 1 is 0.692 bits per heavy atom. The molecule has 232 valence electrons. The predicted molar refractivity (Wildman–Crippen MR) is 144 cm³/mol. The molecule has 2 aliphatic carbocycles. The van der Waals surface area contributed by atoms with E-state index in [0.29, 0.717) is 45.2 Å². The van der Waals surface area contributed by atoms with Gasteiger partial charge in [-0.05, 0) is 63.7 Å². The Morgan fingerprint density at radius 3 is 2.00 bits per heavy atom.